The molecule has 86 valence electrons. The lowest BCUT2D eigenvalue weighted by Gasteiger charge is -2.08. The lowest BCUT2D eigenvalue weighted by Crippen LogP contribution is -2.22. The van der Waals surface area contributed by atoms with Crippen molar-refractivity contribution >= 4 is 12.0 Å². The quantitative estimate of drug-likeness (QED) is 0.438. The Morgan fingerprint density at radius 2 is 2.35 bits per heavy atom. The first-order chi connectivity index (χ1) is 8.21. The number of carbonyl (C=O) groups excluding carboxylic acids is 2. The van der Waals surface area contributed by atoms with Crippen LogP contribution in [-0.4, -0.2) is 25.2 Å². The maximum Gasteiger partial charge on any atom is 0.331 e. The Bertz CT molecular complexity index is 499. The van der Waals surface area contributed by atoms with Crippen LogP contribution < -0.4 is 0 Å². The van der Waals surface area contributed by atoms with E-state index < -0.39 is 12.0 Å². The number of hydrogen-bond donors (Lipinski definition) is 0. The Labute approximate surface area is 98.3 Å². The van der Waals surface area contributed by atoms with Gasteiger partial charge in [0.25, 0.3) is 0 Å². The van der Waals surface area contributed by atoms with Crippen molar-refractivity contribution in [1.29, 1.82) is 5.26 Å². The first-order valence-corrected chi connectivity index (χ1v) is 4.85. The second kappa shape index (κ2) is 6.21. The van der Waals surface area contributed by atoms with Gasteiger partial charge in [0.05, 0.1) is 18.7 Å². The van der Waals surface area contributed by atoms with E-state index in [4.69, 9.17) is 5.26 Å². The zero-order chi connectivity index (χ0) is 12.7. The number of methoxy groups -OCH3 is 1. The van der Waals surface area contributed by atoms with Gasteiger partial charge < -0.3 is 4.74 Å². The van der Waals surface area contributed by atoms with Crippen LogP contribution in [0.25, 0.3) is 0 Å². The maximum atomic E-state index is 11.3. The summed E-state index contributed by atoms with van der Waals surface area (Å²) in [6.45, 7) is 0. The van der Waals surface area contributed by atoms with E-state index in [1.807, 2.05) is 6.07 Å². The summed E-state index contributed by atoms with van der Waals surface area (Å²) >= 11 is 0. The van der Waals surface area contributed by atoms with Crippen LogP contribution in [0.3, 0.4) is 0 Å². The highest BCUT2D eigenvalue weighted by Crippen LogP contribution is 2.09. The number of rotatable bonds is 4. The van der Waals surface area contributed by atoms with Crippen LogP contribution in [0.2, 0.25) is 0 Å². The van der Waals surface area contributed by atoms with Gasteiger partial charge in [0.2, 0.25) is 6.08 Å². The van der Waals surface area contributed by atoms with Gasteiger partial charge in [-0.2, -0.15) is 10.3 Å². The second-order valence-corrected chi connectivity index (χ2v) is 3.28. The number of hydrogen-bond acceptors (Lipinski definition) is 5. The predicted octanol–water partition coefficient (Wildman–Crippen LogP) is 0.978. The summed E-state index contributed by atoms with van der Waals surface area (Å²) in [5, 5.41) is 8.73. The van der Waals surface area contributed by atoms with Crippen LogP contribution in [0, 0.1) is 11.3 Å². The van der Waals surface area contributed by atoms with Crippen LogP contribution in [0.5, 0.6) is 0 Å². The summed E-state index contributed by atoms with van der Waals surface area (Å²) in [7, 11) is 1.22. The van der Waals surface area contributed by atoms with Gasteiger partial charge in [0.1, 0.15) is 0 Å². The summed E-state index contributed by atoms with van der Waals surface area (Å²) in [4.78, 5) is 24.9. The highest BCUT2D eigenvalue weighted by Gasteiger charge is 2.18. The van der Waals surface area contributed by atoms with Crippen molar-refractivity contribution < 1.29 is 14.3 Å². The average Bonchev–Trinajstić information content (AvgIpc) is 2.37. The number of nitriles is 1. The predicted molar refractivity (Wildman–Crippen MR) is 58.8 cm³/mol. The topological polar surface area (TPSA) is 79.5 Å². The minimum Gasteiger partial charge on any atom is -0.467 e. The third-order valence-corrected chi connectivity index (χ3v) is 2.17. The largest absolute Gasteiger partial charge is 0.467 e. The van der Waals surface area contributed by atoms with Gasteiger partial charge in [-0.1, -0.05) is 12.1 Å². The molecule has 1 atom stereocenters. The Kier molecular flexibility index (Phi) is 4.61. The normalized spacial score (nSPS) is 10.8. The van der Waals surface area contributed by atoms with E-state index >= 15 is 0 Å². The molecule has 0 bridgehead atoms. The fourth-order valence-electron chi connectivity index (χ4n) is 1.37. The molecule has 0 amide bonds. The van der Waals surface area contributed by atoms with Gasteiger partial charge in [-0.25, -0.2) is 9.59 Å². The number of esters is 1. The molecule has 1 aromatic carbocycles. The lowest BCUT2D eigenvalue weighted by atomic mass is 10.0. The number of carbonyl (C=O) groups is 1. The molecule has 0 spiro atoms. The second-order valence-electron chi connectivity index (χ2n) is 3.28. The van der Waals surface area contributed by atoms with Crippen molar-refractivity contribution in [3.63, 3.8) is 0 Å². The number of isocyanates is 1. The summed E-state index contributed by atoms with van der Waals surface area (Å²) < 4.78 is 4.52. The molecular weight excluding hydrogens is 220 g/mol. The van der Waals surface area contributed by atoms with Gasteiger partial charge in [-0.15, -0.1) is 0 Å². The highest BCUT2D eigenvalue weighted by molar-refractivity contribution is 5.77. The SMILES string of the molecule is COC(=O)[C@H](Cc1cccc(C#N)c1)N=C=O. The maximum absolute atomic E-state index is 11.3. The van der Waals surface area contributed by atoms with Crippen LogP contribution in [0.15, 0.2) is 29.3 Å². The van der Waals surface area contributed by atoms with Crippen molar-refractivity contribution in [2.75, 3.05) is 7.11 Å². The zero-order valence-corrected chi connectivity index (χ0v) is 9.21. The standard InChI is InChI=1S/C12H10N2O3/c1-17-12(16)11(14-8-15)6-9-3-2-4-10(5-9)7-13/h2-5,11H,6H2,1H3/t11-/m0/s1. The molecule has 5 nitrogen and oxygen atoms in total. The minimum atomic E-state index is -0.911. The molecule has 0 aromatic heterocycles. The van der Waals surface area contributed by atoms with E-state index in [2.05, 4.69) is 9.73 Å². The van der Waals surface area contributed by atoms with Crippen LogP contribution >= 0.6 is 0 Å². The summed E-state index contributed by atoms with van der Waals surface area (Å²) in [6.07, 6.45) is 1.55. The molecule has 0 aliphatic heterocycles. The molecule has 0 aliphatic rings. The third-order valence-electron chi connectivity index (χ3n) is 2.17. The average molecular weight is 230 g/mol. The highest BCUT2D eigenvalue weighted by atomic mass is 16.5. The summed E-state index contributed by atoms with van der Waals surface area (Å²) in [6, 6.07) is 7.82. The monoisotopic (exact) mass is 230 g/mol. The number of nitrogens with zero attached hydrogens (tertiary/aromatic N) is 2. The third kappa shape index (κ3) is 3.56. The first-order valence-electron chi connectivity index (χ1n) is 4.85. The van der Waals surface area contributed by atoms with Gasteiger partial charge in [0.15, 0.2) is 6.04 Å². The minimum absolute atomic E-state index is 0.206. The van der Waals surface area contributed by atoms with Gasteiger partial charge in [0, 0.05) is 6.42 Å². The molecule has 0 radical (unpaired) electrons. The van der Waals surface area contributed by atoms with E-state index in [1.54, 1.807) is 24.3 Å². The summed E-state index contributed by atoms with van der Waals surface area (Å²) in [5.41, 5.74) is 1.22. The molecule has 0 saturated carbocycles. The van der Waals surface area contributed by atoms with Crippen LogP contribution in [0.4, 0.5) is 0 Å². The first kappa shape index (κ1) is 12.6. The Morgan fingerprint density at radius 3 is 2.94 bits per heavy atom. The molecule has 0 saturated heterocycles. The lowest BCUT2D eigenvalue weighted by molar-refractivity contribution is -0.142. The molecule has 1 aromatic rings. The number of aliphatic imine (C=N–C) groups is 1. The number of ether oxygens (including phenoxy) is 1. The van der Waals surface area contributed by atoms with Crippen molar-refractivity contribution in [3.8, 4) is 6.07 Å². The van der Waals surface area contributed by atoms with Crippen molar-refractivity contribution in [2.24, 2.45) is 4.99 Å². The Balaban J connectivity index is 2.90. The molecule has 0 aliphatic carbocycles. The summed E-state index contributed by atoms with van der Waals surface area (Å²) in [5.74, 6) is -0.601. The molecule has 0 N–H and O–H groups in total. The van der Waals surface area contributed by atoms with Crippen molar-refractivity contribution in [3.05, 3.63) is 35.4 Å². The van der Waals surface area contributed by atoms with Crippen molar-refractivity contribution in [1.82, 2.24) is 0 Å². The van der Waals surface area contributed by atoms with Crippen molar-refractivity contribution in [2.45, 2.75) is 12.5 Å². The Hall–Kier alpha value is -2.44. The molecule has 1 rings (SSSR count). The smallest absolute Gasteiger partial charge is 0.331 e. The molecule has 0 heterocycles. The van der Waals surface area contributed by atoms with E-state index in [-0.39, 0.29) is 6.42 Å². The molecule has 17 heavy (non-hydrogen) atoms. The Morgan fingerprint density at radius 1 is 1.59 bits per heavy atom. The van der Waals surface area contributed by atoms with E-state index in [9.17, 15) is 9.59 Å². The molecular formula is C12H10N2O3. The van der Waals surface area contributed by atoms with E-state index in [0.29, 0.717) is 5.56 Å². The zero-order valence-electron chi connectivity index (χ0n) is 9.21. The van der Waals surface area contributed by atoms with Crippen LogP contribution in [-0.2, 0) is 20.7 Å². The fraction of sp³-hybridized carbons (Fsp3) is 0.250. The van der Waals surface area contributed by atoms with E-state index in [1.165, 1.54) is 13.2 Å². The number of benzene rings is 1. The van der Waals surface area contributed by atoms with Gasteiger partial charge in [-0.3, -0.25) is 0 Å². The van der Waals surface area contributed by atoms with Gasteiger partial charge >= 0.3 is 5.97 Å². The van der Waals surface area contributed by atoms with Crippen LogP contribution in [0.1, 0.15) is 11.1 Å². The fourth-order valence-corrected chi connectivity index (χ4v) is 1.37. The molecule has 0 unspecified atom stereocenters. The van der Waals surface area contributed by atoms with E-state index in [0.717, 1.165) is 5.56 Å². The van der Waals surface area contributed by atoms with Gasteiger partial charge in [-0.05, 0) is 17.7 Å². The molecule has 0 fully saturated rings. The molecule has 5 heteroatoms.